The van der Waals surface area contributed by atoms with Crippen molar-refractivity contribution in [3.63, 3.8) is 0 Å². The number of ether oxygens (including phenoxy) is 1. The summed E-state index contributed by atoms with van der Waals surface area (Å²) in [5.41, 5.74) is 3.74. The normalized spacial score (nSPS) is 17.7. The van der Waals surface area contributed by atoms with Gasteiger partial charge in [0.15, 0.2) is 0 Å². The fourth-order valence-corrected chi connectivity index (χ4v) is 5.55. The topological polar surface area (TPSA) is 95.9 Å². The van der Waals surface area contributed by atoms with Crippen LogP contribution >= 0.6 is 0 Å². The van der Waals surface area contributed by atoms with Crippen molar-refractivity contribution in [1.82, 2.24) is 10.2 Å². The molecule has 0 aromatic heterocycles. The summed E-state index contributed by atoms with van der Waals surface area (Å²) in [6, 6.07) is 15.9. The molecule has 1 aliphatic heterocycles. The lowest BCUT2D eigenvalue weighted by molar-refractivity contribution is -0.169. The summed E-state index contributed by atoms with van der Waals surface area (Å²) in [6.45, 7) is 8.12. The lowest BCUT2D eigenvalue weighted by atomic mass is 9.75. The van der Waals surface area contributed by atoms with Gasteiger partial charge in [-0.25, -0.2) is 4.79 Å². The Labute approximate surface area is 206 Å². The fraction of sp³-hybridized carbons (Fsp3) is 0.464. The molecule has 1 saturated heterocycles. The molecular weight excluding hydrogens is 444 g/mol. The second-order valence-corrected chi connectivity index (χ2v) is 10.2. The Hall–Kier alpha value is -3.35. The van der Waals surface area contributed by atoms with Crippen molar-refractivity contribution in [3.8, 4) is 11.1 Å². The number of carboxylic acids is 1. The maximum Gasteiger partial charge on any atom is 0.407 e. The molecule has 35 heavy (non-hydrogen) atoms. The monoisotopic (exact) mass is 478 g/mol. The molecule has 7 heteroatoms. The zero-order valence-electron chi connectivity index (χ0n) is 20.8. The van der Waals surface area contributed by atoms with Crippen LogP contribution in [0, 0.1) is 17.3 Å². The first-order chi connectivity index (χ1) is 16.7. The SMILES string of the molecule is CCC1(C(=O)O)CN(C(=O)C(C(C)C)C(C)NC(=O)OCC2c3ccccc3-c3ccccc32)C1. The average Bonchev–Trinajstić information content (AvgIpc) is 3.10. The molecule has 0 spiro atoms. The Balaban J connectivity index is 1.38. The van der Waals surface area contributed by atoms with Crippen LogP contribution in [0.4, 0.5) is 4.79 Å². The molecule has 1 aliphatic carbocycles. The number of rotatable bonds is 8. The summed E-state index contributed by atoms with van der Waals surface area (Å²) >= 11 is 0. The molecule has 2 N–H and O–H groups in total. The molecule has 2 amide bonds. The molecule has 1 heterocycles. The number of hydrogen-bond donors (Lipinski definition) is 2. The Morgan fingerprint density at radius 3 is 2.06 bits per heavy atom. The van der Waals surface area contributed by atoms with Crippen LogP contribution in [0.25, 0.3) is 11.1 Å². The first kappa shape index (κ1) is 24.8. The predicted octanol–water partition coefficient (Wildman–Crippen LogP) is 4.51. The maximum atomic E-state index is 13.2. The summed E-state index contributed by atoms with van der Waals surface area (Å²) in [6.07, 6.45) is -0.0821. The van der Waals surface area contributed by atoms with E-state index >= 15 is 0 Å². The summed E-state index contributed by atoms with van der Waals surface area (Å²) < 4.78 is 5.65. The minimum Gasteiger partial charge on any atom is -0.481 e. The van der Waals surface area contributed by atoms with Gasteiger partial charge >= 0.3 is 12.1 Å². The molecule has 2 aromatic carbocycles. The Kier molecular flexibility index (Phi) is 6.88. The molecule has 0 bridgehead atoms. The summed E-state index contributed by atoms with van der Waals surface area (Å²) in [7, 11) is 0. The molecule has 1 fully saturated rings. The Morgan fingerprint density at radius 2 is 1.57 bits per heavy atom. The molecule has 0 saturated carbocycles. The van der Waals surface area contributed by atoms with E-state index in [9.17, 15) is 19.5 Å². The largest absolute Gasteiger partial charge is 0.481 e. The van der Waals surface area contributed by atoms with Crippen LogP contribution < -0.4 is 5.32 Å². The zero-order chi connectivity index (χ0) is 25.3. The van der Waals surface area contributed by atoms with Crippen LogP contribution in [0.1, 0.15) is 51.2 Å². The van der Waals surface area contributed by atoms with Gasteiger partial charge in [-0.05, 0) is 41.5 Å². The molecular formula is C28H34N2O5. The lowest BCUT2D eigenvalue weighted by Crippen LogP contribution is -2.64. The molecule has 2 aromatic rings. The molecule has 186 valence electrons. The van der Waals surface area contributed by atoms with Crippen LogP contribution in [0.5, 0.6) is 0 Å². The summed E-state index contributed by atoms with van der Waals surface area (Å²) in [5, 5.41) is 12.4. The van der Waals surface area contributed by atoms with E-state index in [1.807, 2.05) is 45.0 Å². The third-order valence-electron chi connectivity index (χ3n) is 7.66. The van der Waals surface area contributed by atoms with Gasteiger partial charge in [-0.1, -0.05) is 69.3 Å². The average molecular weight is 479 g/mol. The van der Waals surface area contributed by atoms with Crippen molar-refractivity contribution in [2.75, 3.05) is 19.7 Å². The predicted molar refractivity (Wildman–Crippen MR) is 133 cm³/mol. The molecule has 2 unspecified atom stereocenters. The van der Waals surface area contributed by atoms with Crippen LogP contribution in [-0.4, -0.2) is 53.7 Å². The third-order valence-corrected chi connectivity index (χ3v) is 7.66. The highest BCUT2D eigenvalue weighted by atomic mass is 16.5. The molecule has 2 aliphatic rings. The van der Waals surface area contributed by atoms with Crippen molar-refractivity contribution >= 4 is 18.0 Å². The Bertz CT molecular complexity index is 1080. The van der Waals surface area contributed by atoms with Crippen molar-refractivity contribution in [2.24, 2.45) is 17.3 Å². The molecule has 0 radical (unpaired) electrons. The summed E-state index contributed by atoms with van der Waals surface area (Å²) in [5.74, 6) is -1.54. The number of alkyl carbamates (subject to hydrolysis) is 1. The Morgan fingerprint density at radius 1 is 1.03 bits per heavy atom. The maximum absolute atomic E-state index is 13.2. The van der Waals surface area contributed by atoms with Crippen molar-refractivity contribution in [2.45, 2.75) is 46.1 Å². The highest BCUT2D eigenvalue weighted by molar-refractivity contribution is 5.86. The number of aliphatic carboxylic acids is 1. The highest BCUT2D eigenvalue weighted by Crippen LogP contribution is 2.44. The number of benzene rings is 2. The number of carboxylic acid groups (broad SMARTS) is 1. The molecule has 4 rings (SSSR count). The second kappa shape index (κ2) is 9.72. The van der Waals surface area contributed by atoms with Gasteiger partial charge in [0.05, 0.1) is 5.92 Å². The first-order valence-electron chi connectivity index (χ1n) is 12.3. The van der Waals surface area contributed by atoms with Gasteiger partial charge in [-0.2, -0.15) is 0 Å². The number of carbonyl (C=O) groups is 3. The lowest BCUT2D eigenvalue weighted by Gasteiger charge is -2.48. The van der Waals surface area contributed by atoms with Crippen LogP contribution in [0.2, 0.25) is 0 Å². The van der Waals surface area contributed by atoms with E-state index in [1.54, 1.807) is 11.8 Å². The molecule has 2 atom stereocenters. The van der Waals surface area contributed by atoms with Gasteiger partial charge < -0.3 is 20.1 Å². The third kappa shape index (κ3) is 4.51. The van der Waals surface area contributed by atoms with E-state index in [4.69, 9.17) is 4.74 Å². The van der Waals surface area contributed by atoms with E-state index in [2.05, 4.69) is 29.6 Å². The minimum absolute atomic E-state index is 0.0344. The van der Waals surface area contributed by atoms with Gasteiger partial charge in [-0.15, -0.1) is 0 Å². The van der Waals surface area contributed by atoms with Gasteiger partial charge in [-0.3, -0.25) is 9.59 Å². The number of amides is 2. The van der Waals surface area contributed by atoms with Crippen LogP contribution in [0.3, 0.4) is 0 Å². The van der Waals surface area contributed by atoms with E-state index < -0.39 is 29.4 Å². The number of fused-ring (bicyclic) bond motifs is 3. The van der Waals surface area contributed by atoms with Crippen LogP contribution in [0.15, 0.2) is 48.5 Å². The first-order valence-corrected chi connectivity index (χ1v) is 12.3. The number of carbonyl (C=O) groups excluding carboxylic acids is 2. The van der Waals surface area contributed by atoms with Gasteiger partial charge in [0.1, 0.15) is 12.0 Å². The standard InChI is InChI=1S/C28H34N2O5/c1-5-28(26(32)33)15-30(16-28)25(31)24(17(2)3)18(4)29-27(34)35-14-23-21-12-8-6-10-19(21)20-11-7-9-13-22(20)23/h6-13,17-18,23-24H,5,14-16H2,1-4H3,(H,29,34)(H,32,33). The van der Waals surface area contributed by atoms with E-state index in [-0.39, 0.29) is 37.4 Å². The number of nitrogens with zero attached hydrogens (tertiary/aromatic N) is 1. The number of hydrogen-bond acceptors (Lipinski definition) is 4. The van der Waals surface area contributed by atoms with Crippen molar-refractivity contribution in [3.05, 3.63) is 59.7 Å². The van der Waals surface area contributed by atoms with Gasteiger partial charge in [0, 0.05) is 25.0 Å². The van der Waals surface area contributed by atoms with Crippen LogP contribution in [-0.2, 0) is 14.3 Å². The van der Waals surface area contributed by atoms with Crippen molar-refractivity contribution in [1.29, 1.82) is 0 Å². The number of likely N-dealkylation sites (tertiary alicyclic amines) is 1. The fourth-order valence-electron chi connectivity index (χ4n) is 5.55. The van der Waals surface area contributed by atoms with E-state index in [0.717, 1.165) is 22.3 Å². The van der Waals surface area contributed by atoms with Gasteiger partial charge in [0.2, 0.25) is 5.91 Å². The highest BCUT2D eigenvalue weighted by Gasteiger charge is 2.51. The minimum atomic E-state index is -0.866. The quantitative estimate of drug-likeness (QED) is 0.582. The molecule has 7 nitrogen and oxygen atoms in total. The van der Waals surface area contributed by atoms with E-state index in [0.29, 0.717) is 6.42 Å². The van der Waals surface area contributed by atoms with E-state index in [1.165, 1.54) is 0 Å². The second-order valence-electron chi connectivity index (χ2n) is 10.2. The number of nitrogens with one attached hydrogen (secondary N) is 1. The smallest absolute Gasteiger partial charge is 0.407 e. The summed E-state index contributed by atoms with van der Waals surface area (Å²) in [4.78, 5) is 39.1. The van der Waals surface area contributed by atoms with Crippen molar-refractivity contribution < 1.29 is 24.2 Å². The zero-order valence-corrected chi connectivity index (χ0v) is 20.8. The van der Waals surface area contributed by atoms with Gasteiger partial charge in [0.25, 0.3) is 0 Å².